The van der Waals surface area contributed by atoms with Crippen molar-refractivity contribution in [3.63, 3.8) is 0 Å². The van der Waals surface area contributed by atoms with Gasteiger partial charge in [-0.3, -0.25) is 4.40 Å². The van der Waals surface area contributed by atoms with E-state index in [1.165, 1.54) is 0 Å². The van der Waals surface area contributed by atoms with Gasteiger partial charge in [-0.05, 0) is 12.3 Å². The molecule has 1 unspecified atom stereocenters. The molecule has 2 heterocycles. The first-order chi connectivity index (χ1) is 6.83. The number of aromatic nitrogens is 2. The first-order valence-corrected chi connectivity index (χ1v) is 5.73. The van der Waals surface area contributed by atoms with Crippen molar-refractivity contribution in [2.75, 3.05) is 6.61 Å². The zero-order valence-electron chi connectivity index (χ0n) is 8.18. The van der Waals surface area contributed by atoms with Gasteiger partial charge in [-0.1, -0.05) is 13.3 Å². The van der Waals surface area contributed by atoms with E-state index < -0.39 is 0 Å². The van der Waals surface area contributed by atoms with E-state index in [1.54, 1.807) is 11.3 Å². The Labute approximate surface area is 87.0 Å². The summed E-state index contributed by atoms with van der Waals surface area (Å²) in [6.07, 6.45) is 5.93. The summed E-state index contributed by atoms with van der Waals surface area (Å²) in [7, 11) is 0. The van der Waals surface area contributed by atoms with Crippen LogP contribution in [0.3, 0.4) is 0 Å². The second-order valence-corrected chi connectivity index (χ2v) is 4.36. The summed E-state index contributed by atoms with van der Waals surface area (Å²) in [5, 5.41) is 11.1. The lowest BCUT2D eigenvalue weighted by molar-refractivity contribution is 0.221. The van der Waals surface area contributed by atoms with Crippen molar-refractivity contribution in [1.29, 1.82) is 0 Å². The lowest BCUT2D eigenvalue weighted by Gasteiger charge is -2.07. The number of thiazole rings is 1. The molecule has 0 aliphatic rings. The van der Waals surface area contributed by atoms with E-state index in [2.05, 4.69) is 11.9 Å². The smallest absolute Gasteiger partial charge is 0.193 e. The third-order valence-corrected chi connectivity index (χ3v) is 3.25. The predicted molar refractivity (Wildman–Crippen MR) is 57.6 cm³/mol. The molecule has 14 heavy (non-hydrogen) atoms. The van der Waals surface area contributed by atoms with Gasteiger partial charge in [0.25, 0.3) is 0 Å². The largest absolute Gasteiger partial charge is 0.396 e. The van der Waals surface area contributed by atoms with E-state index in [4.69, 9.17) is 5.11 Å². The SMILES string of the molecule is CCC(CO)Cc1cn2ccsc2n1. The number of rotatable bonds is 4. The molecule has 4 heteroatoms. The van der Waals surface area contributed by atoms with Crippen LogP contribution in [-0.2, 0) is 6.42 Å². The first-order valence-electron chi connectivity index (χ1n) is 4.85. The Morgan fingerprint density at radius 1 is 1.64 bits per heavy atom. The summed E-state index contributed by atoms with van der Waals surface area (Å²) in [6, 6.07) is 0. The van der Waals surface area contributed by atoms with E-state index in [9.17, 15) is 0 Å². The second-order valence-electron chi connectivity index (χ2n) is 3.49. The third kappa shape index (κ3) is 1.81. The van der Waals surface area contributed by atoms with Crippen LogP contribution in [0.25, 0.3) is 4.96 Å². The van der Waals surface area contributed by atoms with Gasteiger partial charge >= 0.3 is 0 Å². The maximum absolute atomic E-state index is 9.08. The predicted octanol–water partition coefficient (Wildman–Crippen LogP) is 1.96. The number of nitrogens with zero attached hydrogens (tertiary/aromatic N) is 2. The minimum absolute atomic E-state index is 0.252. The fourth-order valence-electron chi connectivity index (χ4n) is 1.51. The average molecular weight is 210 g/mol. The summed E-state index contributed by atoms with van der Waals surface area (Å²) >= 11 is 1.64. The van der Waals surface area contributed by atoms with Crippen molar-refractivity contribution in [3.05, 3.63) is 23.5 Å². The van der Waals surface area contributed by atoms with Crippen LogP contribution in [-0.4, -0.2) is 21.1 Å². The molecule has 0 spiro atoms. The van der Waals surface area contributed by atoms with Crippen molar-refractivity contribution in [2.45, 2.75) is 19.8 Å². The maximum atomic E-state index is 9.08. The fourth-order valence-corrected chi connectivity index (χ4v) is 2.23. The zero-order valence-corrected chi connectivity index (χ0v) is 9.00. The Bertz CT molecular complexity index is 374. The summed E-state index contributed by atoms with van der Waals surface area (Å²) < 4.78 is 2.03. The molecule has 2 aromatic heterocycles. The molecule has 0 aliphatic heterocycles. The highest BCUT2D eigenvalue weighted by atomic mass is 32.1. The second kappa shape index (κ2) is 4.11. The van der Waals surface area contributed by atoms with Crippen LogP contribution >= 0.6 is 11.3 Å². The van der Waals surface area contributed by atoms with Gasteiger partial charge in [0, 0.05) is 24.4 Å². The number of hydrogen-bond acceptors (Lipinski definition) is 3. The Morgan fingerprint density at radius 2 is 2.50 bits per heavy atom. The summed E-state index contributed by atoms with van der Waals surface area (Å²) in [6.45, 7) is 2.35. The van der Waals surface area contributed by atoms with Gasteiger partial charge in [-0.2, -0.15) is 0 Å². The van der Waals surface area contributed by atoms with E-state index in [1.807, 2.05) is 22.2 Å². The summed E-state index contributed by atoms with van der Waals surface area (Å²) in [4.78, 5) is 5.51. The minimum Gasteiger partial charge on any atom is -0.396 e. The highest BCUT2D eigenvalue weighted by Gasteiger charge is 2.09. The van der Waals surface area contributed by atoms with Crippen LogP contribution in [0.2, 0.25) is 0 Å². The topological polar surface area (TPSA) is 37.5 Å². The Morgan fingerprint density at radius 3 is 3.14 bits per heavy atom. The first kappa shape index (κ1) is 9.68. The lowest BCUT2D eigenvalue weighted by atomic mass is 10.0. The number of hydrogen-bond donors (Lipinski definition) is 1. The molecular formula is C10H14N2OS. The molecule has 76 valence electrons. The molecule has 1 atom stereocenters. The fraction of sp³-hybridized carbons (Fsp3) is 0.500. The van der Waals surface area contributed by atoms with Gasteiger partial charge in [-0.15, -0.1) is 11.3 Å². The Hall–Kier alpha value is -0.870. The monoisotopic (exact) mass is 210 g/mol. The van der Waals surface area contributed by atoms with Gasteiger partial charge < -0.3 is 5.11 Å². The molecule has 0 radical (unpaired) electrons. The minimum atomic E-state index is 0.252. The van der Waals surface area contributed by atoms with E-state index in [-0.39, 0.29) is 6.61 Å². The van der Waals surface area contributed by atoms with Gasteiger partial charge in [0.1, 0.15) is 0 Å². The quantitative estimate of drug-likeness (QED) is 0.837. The lowest BCUT2D eigenvalue weighted by Crippen LogP contribution is -2.08. The number of imidazole rings is 1. The molecule has 0 aliphatic carbocycles. The molecule has 0 aromatic carbocycles. The molecule has 0 saturated heterocycles. The van der Waals surface area contributed by atoms with Crippen LogP contribution in [0, 0.1) is 5.92 Å². The van der Waals surface area contributed by atoms with E-state index in [0.29, 0.717) is 5.92 Å². The maximum Gasteiger partial charge on any atom is 0.193 e. The van der Waals surface area contributed by atoms with Gasteiger partial charge in [0.2, 0.25) is 0 Å². The van der Waals surface area contributed by atoms with Crippen LogP contribution < -0.4 is 0 Å². The van der Waals surface area contributed by atoms with Crippen molar-refractivity contribution in [2.24, 2.45) is 5.92 Å². The van der Waals surface area contributed by atoms with E-state index in [0.717, 1.165) is 23.5 Å². The molecule has 0 saturated carbocycles. The summed E-state index contributed by atoms with van der Waals surface area (Å²) in [5.74, 6) is 0.347. The standard InChI is InChI=1S/C10H14N2OS/c1-2-8(7-13)5-9-6-12-3-4-14-10(12)11-9/h3-4,6,8,13H,2,5,7H2,1H3. The molecule has 0 amide bonds. The van der Waals surface area contributed by atoms with Crippen molar-refractivity contribution >= 4 is 16.3 Å². The Kier molecular flexibility index (Phi) is 2.84. The molecular weight excluding hydrogens is 196 g/mol. The van der Waals surface area contributed by atoms with E-state index >= 15 is 0 Å². The van der Waals surface area contributed by atoms with Crippen LogP contribution in [0.5, 0.6) is 0 Å². The molecule has 2 rings (SSSR count). The zero-order chi connectivity index (χ0) is 9.97. The third-order valence-electron chi connectivity index (χ3n) is 2.48. The highest BCUT2D eigenvalue weighted by Crippen LogP contribution is 2.15. The molecule has 2 aromatic rings. The van der Waals surface area contributed by atoms with Gasteiger partial charge in [-0.25, -0.2) is 4.98 Å². The normalized spacial score (nSPS) is 13.6. The summed E-state index contributed by atoms with van der Waals surface area (Å²) in [5.41, 5.74) is 1.08. The number of aliphatic hydroxyl groups excluding tert-OH is 1. The van der Waals surface area contributed by atoms with Crippen molar-refractivity contribution in [3.8, 4) is 0 Å². The van der Waals surface area contributed by atoms with Crippen molar-refractivity contribution < 1.29 is 5.11 Å². The van der Waals surface area contributed by atoms with Crippen LogP contribution in [0.1, 0.15) is 19.0 Å². The molecule has 0 fully saturated rings. The highest BCUT2D eigenvalue weighted by molar-refractivity contribution is 7.15. The van der Waals surface area contributed by atoms with Crippen LogP contribution in [0.4, 0.5) is 0 Å². The molecule has 0 bridgehead atoms. The van der Waals surface area contributed by atoms with Gasteiger partial charge in [0.15, 0.2) is 4.96 Å². The number of fused-ring (bicyclic) bond motifs is 1. The number of aliphatic hydroxyl groups is 1. The Balaban J connectivity index is 2.14. The van der Waals surface area contributed by atoms with Crippen LogP contribution in [0.15, 0.2) is 17.8 Å². The molecule has 1 N–H and O–H groups in total. The molecule has 3 nitrogen and oxygen atoms in total. The van der Waals surface area contributed by atoms with Gasteiger partial charge in [0.05, 0.1) is 5.69 Å². The average Bonchev–Trinajstić information content (AvgIpc) is 2.73. The van der Waals surface area contributed by atoms with Crippen molar-refractivity contribution in [1.82, 2.24) is 9.38 Å².